The van der Waals surface area contributed by atoms with Crippen molar-refractivity contribution < 1.29 is 14.3 Å². The molecule has 1 aliphatic rings. The van der Waals surface area contributed by atoms with Gasteiger partial charge in [-0.05, 0) is 37.1 Å². The Hall–Kier alpha value is -2.10. The van der Waals surface area contributed by atoms with Gasteiger partial charge in [0.1, 0.15) is 17.4 Å². The third-order valence-electron chi connectivity index (χ3n) is 3.25. The molecule has 106 valence electrons. The van der Waals surface area contributed by atoms with Gasteiger partial charge in [-0.3, -0.25) is 4.79 Å². The maximum atomic E-state index is 12.2. The highest BCUT2D eigenvalue weighted by molar-refractivity contribution is 5.98. The molecule has 1 aliphatic heterocycles. The fraction of sp³-hybridized carbons (Fsp3) is 0.429. The zero-order valence-electron chi connectivity index (χ0n) is 11.1. The summed E-state index contributed by atoms with van der Waals surface area (Å²) in [6, 6.07) is 8.71. The first-order valence-electron chi connectivity index (χ1n) is 6.42. The maximum absolute atomic E-state index is 12.2. The minimum absolute atomic E-state index is 0.00236. The number of benzene rings is 1. The Morgan fingerprint density at radius 2 is 2.05 bits per heavy atom. The molecule has 0 aromatic heterocycles. The van der Waals surface area contributed by atoms with Crippen LogP contribution in [0.5, 0.6) is 5.75 Å². The number of hydrogen-bond acceptors (Lipinski definition) is 5. The van der Waals surface area contributed by atoms with Crippen LogP contribution < -0.4 is 15.8 Å². The number of nitrogens with two attached hydrogens (primary N) is 1. The lowest BCUT2D eigenvalue weighted by atomic mass is 9.90. The average molecular weight is 275 g/mol. The van der Waals surface area contributed by atoms with Crippen LogP contribution in [0.1, 0.15) is 12.8 Å². The molecule has 0 unspecified atom stereocenters. The number of rotatable bonds is 4. The van der Waals surface area contributed by atoms with Crippen LogP contribution in [-0.4, -0.2) is 31.3 Å². The van der Waals surface area contributed by atoms with Gasteiger partial charge in [-0.25, -0.2) is 0 Å². The Bertz CT molecular complexity index is 501. The molecule has 0 saturated carbocycles. The number of carbonyl (C=O) groups is 1. The molecule has 1 fully saturated rings. The highest BCUT2D eigenvalue weighted by Gasteiger charge is 2.35. The second-order valence-corrected chi connectivity index (χ2v) is 4.69. The summed E-state index contributed by atoms with van der Waals surface area (Å²) in [6.07, 6.45) is 1.03. The van der Waals surface area contributed by atoms with Gasteiger partial charge in [0.15, 0.2) is 6.61 Å². The smallest absolute Gasteiger partial charge is 0.244 e. The first-order chi connectivity index (χ1) is 9.64. The van der Waals surface area contributed by atoms with Crippen LogP contribution in [0.2, 0.25) is 0 Å². The number of hydrogen-bond donors (Lipinski definition) is 2. The Morgan fingerprint density at radius 3 is 2.65 bits per heavy atom. The van der Waals surface area contributed by atoms with E-state index >= 15 is 0 Å². The highest BCUT2D eigenvalue weighted by atomic mass is 16.5. The fourth-order valence-corrected chi connectivity index (χ4v) is 1.97. The van der Waals surface area contributed by atoms with Gasteiger partial charge in [-0.15, -0.1) is 0 Å². The molecule has 0 aliphatic carbocycles. The second kappa shape index (κ2) is 6.37. The summed E-state index contributed by atoms with van der Waals surface area (Å²) in [7, 11) is 0. The molecule has 0 spiro atoms. The van der Waals surface area contributed by atoms with Crippen molar-refractivity contribution in [2.45, 2.75) is 18.4 Å². The van der Waals surface area contributed by atoms with E-state index in [0.717, 1.165) is 0 Å². The molecule has 1 amide bonds. The SMILES string of the molecule is N#CCOc1ccc(NC(=O)C2(N)CCOCC2)cc1. The predicted octanol–water partition coefficient (Wildman–Crippen LogP) is 1.04. The number of nitrogens with zero attached hydrogens (tertiary/aromatic N) is 1. The van der Waals surface area contributed by atoms with Crippen molar-refractivity contribution >= 4 is 11.6 Å². The molecule has 6 nitrogen and oxygen atoms in total. The lowest BCUT2D eigenvalue weighted by Gasteiger charge is -2.31. The molecule has 1 aromatic carbocycles. The van der Waals surface area contributed by atoms with Crippen LogP contribution in [-0.2, 0) is 9.53 Å². The summed E-state index contributed by atoms with van der Waals surface area (Å²) in [5, 5.41) is 11.2. The van der Waals surface area contributed by atoms with Crippen molar-refractivity contribution in [2.24, 2.45) is 5.73 Å². The van der Waals surface area contributed by atoms with Gasteiger partial charge in [-0.2, -0.15) is 5.26 Å². The molecule has 0 bridgehead atoms. The average Bonchev–Trinajstić information content (AvgIpc) is 2.47. The van der Waals surface area contributed by atoms with E-state index in [2.05, 4.69) is 5.32 Å². The van der Waals surface area contributed by atoms with Crippen LogP contribution in [0.25, 0.3) is 0 Å². The van der Waals surface area contributed by atoms with Crippen LogP contribution in [0, 0.1) is 11.3 Å². The van der Waals surface area contributed by atoms with Crippen molar-refractivity contribution in [1.82, 2.24) is 0 Å². The molecule has 6 heteroatoms. The number of nitriles is 1. The van der Waals surface area contributed by atoms with E-state index in [-0.39, 0.29) is 12.5 Å². The normalized spacial score (nSPS) is 17.0. The molecule has 0 radical (unpaired) electrons. The molecule has 0 atom stereocenters. The third-order valence-corrected chi connectivity index (χ3v) is 3.25. The van der Waals surface area contributed by atoms with Crippen LogP contribution >= 0.6 is 0 Å². The predicted molar refractivity (Wildman–Crippen MR) is 73.2 cm³/mol. The van der Waals surface area contributed by atoms with E-state index in [1.54, 1.807) is 24.3 Å². The van der Waals surface area contributed by atoms with Crippen molar-refractivity contribution in [3.8, 4) is 11.8 Å². The van der Waals surface area contributed by atoms with E-state index in [9.17, 15) is 4.79 Å². The molecule has 1 saturated heterocycles. The minimum atomic E-state index is -0.867. The zero-order chi connectivity index (χ0) is 14.4. The van der Waals surface area contributed by atoms with Gasteiger partial charge in [0.2, 0.25) is 5.91 Å². The van der Waals surface area contributed by atoms with Gasteiger partial charge in [-0.1, -0.05) is 0 Å². The Morgan fingerprint density at radius 1 is 1.40 bits per heavy atom. The maximum Gasteiger partial charge on any atom is 0.244 e. The minimum Gasteiger partial charge on any atom is -0.479 e. The molecule has 20 heavy (non-hydrogen) atoms. The van der Waals surface area contributed by atoms with E-state index in [1.165, 1.54) is 0 Å². The lowest BCUT2D eigenvalue weighted by Crippen LogP contribution is -2.54. The van der Waals surface area contributed by atoms with E-state index in [4.69, 9.17) is 20.5 Å². The summed E-state index contributed by atoms with van der Waals surface area (Å²) in [6.45, 7) is 1.01. The van der Waals surface area contributed by atoms with Crippen molar-refractivity contribution in [3.63, 3.8) is 0 Å². The summed E-state index contributed by atoms with van der Waals surface area (Å²) in [5.41, 5.74) is 5.88. The summed E-state index contributed by atoms with van der Waals surface area (Å²) in [5.74, 6) is 0.379. The summed E-state index contributed by atoms with van der Waals surface area (Å²) in [4.78, 5) is 12.2. The van der Waals surface area contributed by atoms with E-state index in [0.29, 0.717) is 37.5 Å². The van der Waals surface area contributed by atoms with E-state index in [1.807, 2.05) is 6.07 Å². The summed E-state index contributed by atoms with van der Waals surface area (Å²) >= 11 is 0. The van der Waals surface area contributed by atoms with Gasteiger partial charge in [0, 0.05) is 18.9 Å². The largest absolute Gasteiger partial charge is 0.479 e. The molecule has 2 rings (SSSR count). The quantitative estimate of drug-likeness (QED) is 0.855. The summed E-state index contributed by atoms with van der Waals surface area (Å²) < 4.78 is 10.4. The lowest BCUT2D eigenvalue weighted by molar-refractivity contribution is -0.124. The molecule has 3 N–H and O–H groups in total. The van der Waals surface area contributed by atoms with Crippen molar-refractivity contribution in [2.75, 3.05) is 25.1 Å². The zero-order valence-corrected chi connectivity index (χ0v) is 11.1. The van der Waals surface area contributed by atoms with Gasteiger partial charge in [0.25, 0.3) is 0 Å². The number of nitrogens with one attached hydrogen (secondary N) is 1. The van der Waals surface area contributed by atoms with Crippen LogP contribution in [0.15, 0.2) is 24.3 Å². The van der Waals surface area contributed by atoms with Gasteiger partial charge >= 0.3 is 0 Å². The van der Waals surface area contributed by atoms with Gasteiger partial charge < -0.3 is 20.5 Å². The topological polar surface area (TPSA) is 97.4 Å². The molecular weight excluding hydrogens is 258 g/mol. The molecule has 1 aromatic rings. The van der Waals surface area contributed by atoms with Crippen molar-refractivity contribution in [3.05, 3.63) is 24.3 Å². The fourth-order valence-electron chi connectivity index (χ4n) is 1.97. The van der Waals surface area contributed by atoms with Crippen LogP contribution in [0.4, 0.5) is 5.69 Å². The molecule has 1 heterocycles. The standard InChI is InChI=1S/C14H17N3O3/c15-7-10-20-12-3-1-11(2-4-12)17-13(18)14(16)5-8-19-9-6-14/h1-4H,5-6,8-10,16H2,(H,17,18). The third kappa shape index (κ3) is 3.47. The van der Waals surface area contributed by atoms with Gasteiger partial charge in [0.05, 0.1) is 0 Å². The Labute approximate surface area is 117 Å². The van der Waals surface area contributed by atoms with Crippen LogP contribution in [0.3, 0.4) is 0 Å². The number of amides is 1. The van der Waals surface area contributed by atoms with E-state index < -0.39 is 5.54 Å². The first-order valence-corrected chi connectivity index (χ1v) is 6.42. The Kier molecular flexibility index (Phi) is 4.56. The Balaban J connectivity index is 1.95. The molecular formula is C14H17N3O3. The van der Waals surface area contributed by atoms with Crippen molar-refractivity contribution in [1.29, 1.82) is 5.26 Å². The number of ether oxygens (including phenoxy) is 2. The monoisotopic (exact) mass is 275 g/mol. The number of carbonyl (C=O) groups excluding carboxylic acids is 1. The highest BCUT2D eigenvalue weighted by Crippen LogP contribution is 2.21. The second-order valence-electron chi connectivity index (χ2n) is 4.69. The number of anilines is 1. The first kappa shape index (κ1) is 14.3.